The summed E-state index contributed by atoms with van der Waals surface area (Å²) < 4.78 is 7.07. The Morgan fingerprint density at radius 1 is 0.969 bits per heavy atom. The molecule has 0 aliphatic carbocycles. The van der Waals surface area contributed by atoms with Gasteiger partial charge in [0.2, 0.25) is 5.91 Å². The molecule has 0 saturated carbocycles. The number of thioether (sulfide) groups is 1. The lowest BCUT2D eigenvalue weighted by Crippen LogP contribution is -2.45. The van der Waals surface area contributed by atoms with E-state index in [1.54, 1.807) is 13.4 Å². The van der Waals surface area contributed by atoms with E-state index in [-0.39, 0.29) is 11.7 Å². The van der Waals surface area contributed by atoms with Crippen LogP contribution in [0, 0.1) is 0 Å². The second-order valence-electron chi connectivity index (χ2n) is 7.38. The zero-order chi connectivity index (χ0) is 22.4. The third-order valence-corrected chi connectivity index (χ3v) is 6.23. The Balaban J connectivity index is 1.50. The number of benzene rings is 3. The summed E-state index contributed by atoms with van der Waals surface area (Å²) in [4.78, 5) is 13.0. The molecule has 7 heteroatoms. The standard InChI is InChI=1S/C25H24N4O2S/c1-25(19-9-5-3-6-10-19,20-11-7-4-8-12-20)27-23(30)17-32-24-28-26-18-29(24)21-13-15-22(31-2)16-14-21/h3-16,18H,17H2,1-2H3,(H,27,30). The molecule has 1 heterocycles. The first-order valence-electron chi connectivity index (χ1n) is 10.2. The van der Waals surface area contributed by atoms with Crippen LogP contribution < -0.4 is 10.1 Å². The van der Waals surface area contributed by atoms with Crippen molar-refractivity contribution in [1.29, 1.82) is 0 Å². The number of ether oxygens (including phenoxy) is 1. The molecule has 0 fully saturated rings. The number of carbonyl (C=O) groups is 1. The maximum atomic E-state index is 13.0. The van der Waals surface area contributed by atoms with Crippen LogP contribution in [0.25, 0.3) is 5.69 Å². The fraction of sp³-hybridized carbons (Fsp3) is 0.160. The minimum Gasteiger partial charge on any atom is -0.497 e. The Kier molecular flexibility index (Phi) is 6.56. The number of nitrogens with zero attached hydrogens (tertiary/aromatic N) is 3. The summed E-state index contributed by atoms with van der Waals surface area (Å²) >= 11 is 1.34. The fourth-order valence-corrected chi connectivity index (χ4v) is 4.27. The van der Waals surface area contributed by atoms with Crippen molar-refractivity contribution in [2.75, 3.05) is 12.9 Å². The first-order valence-corrected chi connectivity index (χ1v) is 11.2. The predicted octanol–water partition coefficient (Wildman–Crippen LogP) is 4.45. The minimum atomic E-state index is -0.649. The van der Waals surface area contributed by atoms with Crippen LogP contribution in [-0.4, -0.2) is 33.5 Å². The van der Waals surface area contributed by atoms with Crippen LogP contribution in [-0.2, 0) is 10.3 Å². The van der Waals surface area contributed by atoms with Crippen LogP contribution in [0.5, 0.6) is 5.75 Å². The summed E-state index contributed by atoms with van der Waals surface area (Å²) in [6.45, 7) is 2.03. The highest BCUT2D eigenvalue weighted by atomic mass is 32.2. The van der Waals surface area contributed by atoms with Gasteiger partial charge in [0.05, 0.1) is 18.4 Å². The normalized spacial score (nSPS) is 11.2. The highest BCUT2D eigenvalue weighted by Gasteiger charge is 2.30. The molecule has 4 aromatic rings. The molecule has 0 aliphatic rings. The fourth-order valence-electron chi connectivity index (χ4n) is 3.54. The van der Waals surface area contributed by atoms with Crippen molar-refractivity contribution in [2.24, 2.45) is 0 Å². The zero-order valence-electron chi connectivity index (χ0n) is 17.9. The first-order chi connectivity index (χ1) is 15.6. The van der Waals surface area contributed by atoms with Crippen LogP contribution in [0.1, 0.15) is 18.1 Å². The van der Waals surface area contributed by atoms with Crippen LogP contribution in [0.2, 0.25) is 0 Å². The Bertz CT molecular complexity index is 1120. The molecule has 3 aromatic carbocycles. The summed E-state index contributed by atoms with van der Waals surface area (Å²) in [7, 11) is 1.63. The molecule has 6 nitrogen and oxygen atoms in total. The monoisotopic (exact) mass is 444 g/mol. The summed E-state index contributed by atoms with van der Waals surface area (Å²) in [5.74, 6) is 0.899. The van der Waals surface area contributed by atoms with Crippen LogP contribution in [0.3, 0.4) is 0 Å². The molecule has 4 rings (SSSR count). The lowest BCUT2D eigenvalue weighted by Gasteiger charge is -2.32. The third kappa shape index (κ3) is 4.68. The lowest BCUT2D eigenvalue weighted by molar-refractivity contribution is -0.120. The SMILES string of the molecule is COc1ccc(-n2cnnc2SCC(=O)NC(C)(c2ccccc2)c2ccccc2)cc1. The molecule has 0 bridgehead atoms. The molecule has 1 N–H and O–H groups in total. The van der Waals surface area contributed by atoms with Crippen LogP contribution in [0.15, 0.2) is 96.4 Å². The highest BCUT2D eigenvalue weighted by Crippen LogP contribution is 2.29. The Morgan fingerprint density at radius 3 is 2.12 bits per heavy atom. The lowest BCUT2D eigenvalue weighted by atomic mass is 9.84. The van der Waals surface area contributed by atoms with Crippen molar-refractivity contribution >= 4 is 17.7 Å². The van der Waals surface area contributed by atoms with Crippen molar-refractivity contribution < 1.29 is 9.53 Å². The topological polar surface area (TPSA) is 69.0 Å². The molecular formula is C25H24N4O2S. The molecule has 162 valence electrons. The number of carbonyl (C=O) groups excluding carboxylic acids is 1. The number of rotatable bonds is 8. The molecule has 0 saturated heterocycles. The maximum absolute atomic E-state index is 13.0. The largest absolute Gasteiger partial charge is 0.497 e. The van der Waals surface area contributed by atoms with Crippen molar-refractivity contribution in [3.8, 4) is 11.4 Å². The summed E-state index contributed by atoms with van der Waals surface area (Å²) in [5, 5.41) is 12.1. The molecule has 1 amide bonds. The summed E-state index contributed by atoms with van der Waals surface area (Å²) in [6.07, 6.45) is 1.64. The van der Waals surface area contributed by atoms with E-state index in [0.717, 1.165) is 22.6 Å². The van der Waals surface area contributed by atoms with Gasteiger partial charge in [-0.05, 0) is 42.3 Å². The van der Waals surface area contributed by atoms with Crippen molar-refractivity contribution in [3.63, 3.8) is 0 Å². The van der Waals surface area contributed by atoms with E-state index in [2.05, 4.69) is 15.5 Å². The Morgan fingerprint density at radius 2 is 1.56 bits per heavy atom. The van der Waals surface area contributed by atoms with E-state index in [0.29, 0.717) is 5.16 Å². The molecule has 0 spiro atoms. The van der Waals surface area contributed by atoms with Gasteiger partial charge < -0.3 is 10.1 Å². The number of hydrogen-bond acceptors (Lipinski definition) is 5. The van der Waals surface area contributed by atoms with Gasteiger partial charge in [0.1, 0.15) is 12.1 Å². The average molecular weight is 445 g/mol. The molecule has 0 unspecified atom stereocenters. The van der Waals surface area contributed by atoms with Gasteiger partial charge in [-0.2, -0.15) is 0 Å². The van der Waals surface area contributed by atoms with Crippen LogP contribution >= 0.6 is 11.8 Å². The van der Waals surface area contributed by atoms with Crippen molar-refractivity contribution in [3.05, 3.63) is 102 Å². The highest BCUT2D eigenvalue weighted by molar-refractivity contribution is 7.99. The quantitative estimate of drug-likeness (QED) is 0.407. The number of aromatic nitrogens is 3. The second kappa shape index (κ2) is 9.70. The van der Waals surface area contributed by atoms with Crippen molar-refractivity contribution in [2.45, 2.75) is 17.6 Å². The van der Waals surface area contributed by atoms with E-state index in [4.69, 9.17) is 4.74 Å². The predicted molar refractivity (Wildman–Crippen MR) is 126 cm³/mol. The average Bonchev–Trinajstić information content (AvgIpc) is 3.32. The Hall–Kier alpha value is -3.58. The maximum Gasteiger partial charge on any atom is 0.231 e. The van der Waals surface area contributed by atoms with Crippen molar-refractivity contribution in [1.82, 2.24) is 20.1 Å². The van der Waals surface area contributed by atoms with Gasteiger partial charge in [-0.15, -0.1) is 10.2 Å². The molecule has 0 aliphatic heterocycles. The van der Waals surface area contributed by atoms with Gasteiger partial charge in [0.25, 0.3) is 0 Å². The second-order valence-corrected chi connectivity index (χ2v) is 8.32. The summed E-state index contributed by atoms with van der Waals surface area (Å²) in [6, 6.07) is 27.6. The number of methoxy groups -OCH3 is 1. The van der Waals surface area contributed by atoms with Crippen LogP contribution in [0.4, 0.5) is 0 Å². The molecule has 0 atom stereocenters. The zero-order valence-corrected chi connectivity index (χ0v) is 18.8. The smallest absolute Gasteiger partial charge is 0.231 e. The number of hydrogen-bond donors (Lipinski definition) is 1. The third-order valence-electron chi connectivity index (χ3n) is 5.29. The van der Waals surface area contributed by atoms with E-state index >= 15 is 0 Å². The van der Waals surface area contributed by atoms with Gasteiger partial charge in [-0.1, -0.05) is 72.4 Å². The molecule has 1 aromatic heterocycles. The van der Waals surface area contributed by atoms with Gasteiger partial charge in [-0.3, -0.25) is 9.36 Å². The van der Waals surface area contributed by atoms with Gasteiger partial charge in [0, 0.05) is 5.69 Å². The molecular weight excluding hydrogens is 420 g/mol. The number of amides is 1. The molecule has 32 heavy (non-hydrogen) atoms. The Labute approximate surface area is 191 Å². The van der Waals surface area contributed by atoms with E-state index in [1.165, 1.54) is 11.8 Å². The minimum absolute atomic E-state index is 0.0884. The van der Waals surface area contributed by atoms with Gasteiger partial charge >= 0.3 is 0 Å². The van der Waals surface area contributed by atoms with Gasteiger partial charge in [-0.25, -0.2) is 0 Å². The number of nitrogens with one attached hydrogen (secondary N) is 1. The van der Waals surface area contributed by atoms with E-state index in [9.17, 15) is 4.79 Å². The summed E-state index contributed by atoms with van der Waals surface area (Å²) in [5.41, 5.74) is 2.29. The van der Waals surface area contributed by atoms with E-state index in [1.807, 2.05) is 96.4 Å². The van der Waals surface area contributed by atoms with E-state index < -0.39 is 5.54 Å². The first kappa shape index (κ1) is 21.6. The molecule has 0 radical (unpaired) electrons. The van der Waals surface area contributed by atoms with Gasteiger partial charge in [0.15, 0.2) is 5.16 Å².